The molecular formula is C19H37NO3. The van der Waals surface area contributed by atoms with E-state index in [1.54, 1.807) is 0 Å². The Morgan fingerprint density at radius 1 is 0.870 bits per heavy atom. The summed E-state index contributed by atoms with van der Waals surface area (Å²) in [7, 11) is 0. The molecule has 4 nitrogen and oxygen atoms in total. The Hall–Kier alpha value is -1.06. The van der Waals surface area contributed by atoms with Crippen LogP contribution in [-0.4, -0.2) is 24.5 Å². The fraction of sp³-hybridized carbons (Fsp3) is 0.895. The van der Waals surface area contributed by atoms with E-state index >= 15 is 0 Å². The van der Waals surface area contributed by atoms with Crippen molar-refractivity contribution in [2.24, 2.45) is 0 Å². The Morgan fingerprint density at radius 3 is 2.17 bits per heavy atom. The lowest BCUT2D eigenvalue weighted by Gasteiger charge is -2.13. The number of rotatable bonds is 15. The van der Waals surface area contributed by atoms with Gasteiger partial charge in [-0.15, -0.1) is 0 Å². The number of ether oxygens (including phenoxy) is 1. The highest BCUT2D eigenvalue weighted by Gasteiger charge is 2.09. The van der Waals surface area contributed by atoms with Crippen LogP contribution in [0, 0.1) is 0 Å². The van der Waals surface area contributed by atoms with E-state index in [0.717, 1.165) is 19.3 Å². The molecule has 4 heteroatoms. The lowest BCUT2D eigenvalue weighted by atomic mass is 10.1. The van der Waals surface area contributed by atoms with Crippen LogP contribution in [0.5, 0.6) is 0 Å². The van der Waals surface area contributed by atoms with Gasteiger partial charge in [0.15, 0.2) is 0 Å². The molecule has 0 aliphatic carbocycles. The number of carbonyl (C=O) groups excluding carboxylic acids is 2. The SMILES string of the molecule is CCCCCCOC(=O)CCCC(=O)NC(C)CCCCCC. The number of hydrogen-bond donors (Lipinski definition) is 1. The summed E-state index contributed by atoms with van der Waals surface area (Å²) < 4.78 is 5.16. The molecule has 23 heavy (non-hydrogen) atoms. The molecule has 0 aromatic carbocycles. The molecule has 1 amide bonds. The lowest BCUT2D eigenvalue weighted by molar-refractivity contribution is -0.143. The van der Waals surface area contributed by atoms with Crippen molar-refractivity contribution in [2.75, 3.05) is 6.61 Å². The standard InChI is InChI=1S/C19H37NO3/c1-4-6-8-10-13-17(3)20-18(21)14-12-15-19(22)23-16-11-9-7-5-2/h17H,4-16H2,1-3H3,(H,20,21). The number of amides is 1. The van der Waals surface area contributed by atoms with E-state index in [4.69, 9.17) is 4.74 Å². The summed E-state index contributed by atoms with van der Waals surface area (Å²) in [5.74, 6) is -0.134. The molecule has 1 atom stereocenters. The third-order valence-corrected chi connectivity index (χ3v) is 3.94. The lowest BCUT2D eigenvalue weighted by Crippen LogP contribution is -2.32. The number of hydrogen-bond acceptors (Lipinski definition) is 3. The summed E-state index contributed by atoms with van der Waals surface area (Å²) in [6, 6.07) is 0.227. The molecule has 0 aromatic rings. The van der Waals surface area contributed by atoms with E-state index in [9.17, 15) is 9.59 Å². The molecule has 0 radical (unpaired) electrons. The highest BCUT2D eigenvalue weighted by Crippen LogP contribution is 2.06. The third-order valence-electron chi connectivity index (χ3n) is 3.94. The van der Waals surface area contributed by atoms with Crippen molar-refractivity contribution in [2.45, 2.75) is 104 Å². The molecule has 0 heterocycles. The second-order valence-electron chi connectivity index (χ2n) is 6.45. The van der Waals surface area contributed by atoms with Crippen LogP contribution in [0.2, 0.25) is 0 Å². The third kappa shape index (κ3) is 15.6. The van der Waals surface area contributed by atoms with Crippen molar-refractivity contribution in [1.82, 2.24) is 5.32 Å². The average molecular weight is 328 g/mol. The quantitative estimate of drug-likeness (QED) is 0.349. The summed E-state index contributed by atoms with van der Waals surface area (Å²) in [6.07, 6.45) is 11.7. The first-order valence-corrected chi connectivity index (χ1v) is 9.55. The van der Waals surface area contributed by atoms with Crippen molar-refractivity contribution in [3.8, 4) is 0 Å². The first kappa shape index (κ1) is 21.9. The largest absolute Gasteiger partial charge is 0.466 e. The molecule has 0 aliphatic heterocycles. The van der Waals surface area contributed by atoms with Gasteiger partial charge in [0.2, 0.25) is 5.91 Å². The Bertz CT molecular complexity index is 305. The zero-order valence-corrected chi connectivity index (χ0v) is 15.5. The minimum atomic E-state index is -0.179. The van der Waals surface area contributed by atoms with Gasteiger partial charge < -0.3 is 10.1 Å². The molecule has 1 N–H and O–H groups in total. The van der Waals surface area contributed by atoms with Gasteiger partial charge in [0.1, 0.15) is 0 Å². The van der Waals surface area contributed by atoms with Crippen LogP contribution in [0.4, 0.5) is 0 Å². The first-order chi connectivity index (χ1) is 11.1. The summed E-state index contributed by atoms with van der Waals surface area (Å²) in [4.78, 5) is 23.3. The summed E-state index contributed by atoms with van der Waals surface area (Å²) >= 11 is 0. The maximum atomic E-state index is 11.8. The maximum Gasteiger partial charge on any atom is 0.305 e. The zero-order chi connectivity index (χ0) is 17.3. The fourth-order valence-corrected chi connectivity index (χ4v) is 2.48. The van der Waals surface area contributed by atoms with Crippen LogP contribution in [0.25, 0.3) is 0 Å². The van der Waals surface area contributed by atoms with Gasteiger partial charge >= 0.3 is 5.97 Å². The number of esters is 1. The van der Waals surface area contributed by atoms with E-state index in [-0.39, 0.29) is 17.9 Å². The van der Waals surface area contributed by atoms with E-state index < -0.39 is 0 Å². The van der Waals surface area contributed by atoms with Gasteiger partial charge in [0.05, 0.1) is 6.61 Å². The molecule has 0 fully saturated rings. The van der Waals surface area contributed by atoms with Crippen LogP contribution in [0.3, 0.4) is 0 Å². The van der Waals surface area contributed by atoms with Crippen molar-refractivity contribution in [3.05, 3.63) is 0 Å². The highest BCUT2D eigenvalue weighted by molar-refractivity contribution is 5.77. The van der Waals surface area contributed by atoms with Gasteiger partial charge in [-0.05, 0) is 26.2 Å². The Kier molecular flexibility index (Phi) is 15.1. The Balaban J connectivity index is 3.52. The number of carbonyl (C=O) groups is 2. The zero-order valence-electron chi connectivity index (χ0n) is 15.5. The normalized spacial score (nSPS) is 12.0. The van der Waals surface area contributed by atoms with Gasteiger partial charge in [0.25, 0.3) is 0 Å². The minimum Gasteiger partial charge on any atom is -0.466 e. The molecule has 0 bridgehead atoms. The molecule has 136 valence electrons. The highest BCUT2D eigenvalue weighted by atomic mass is 16.5. The van der Waals surface area contributed by atoms with Gasteiger partial charge in [-0.2, -0.15) is 0 Å². The smallest absolute Gasteiger partial charge is 0.305 e. The van der Waals surface area contributed by atoms with Crippen LogP contribution in [0.1, 0.15) is 97.8 Å². The molecular weight excluding hydrogens is 290 g/mol. The van der Waals surface area contributed by atoms with Crippen molar-refractivity contribution in [3.63, 3.8) is 0 Å². The van der Waals surface area contributed by atoms with Crippen LogP contribution >= 0.6 is 0 Å². The Labute approximate surface area is 142 Å². The molecule has 0 rings (SSSR count). The van der Waals surface area contributed by atoms with Gasteiger partial charge in [0, 0.05) is 18.9 Å². The summed E-state index contributed by atoms with van der Waals surface area (Å²) in [5.41, 5.74) is 0. The Morgan fingerprint density at radius 2 is 1.52 bits per heavy atom. The van der Waals surface area contributed by atoms with Crippen molar-refractivity contribution >= 4 is 11.9 Å². The molecule has 0 aliphatic rings. The van der Waals surface area contributed by atoms with E-state index in [0.29, 0.717) is 25.9 Å². The molecule has 0 saturated heterocycles. The van der Waals surface area contributed by atoms with Crippen LogP contribution < -0.4 is 5.32 Å². The predicted molar refractivity (Wildman–Crippen MR) is 95.3 cm³/mol. The molecule has 1 unspecified atom stereocenters. The summed E-state index contributed by atoms with van der Waals surface area (Å²) in [6.45, 7) is 6.92. The van der Waals surface area contributed by atoms with Crippen molar-refractivity contribution < 1.29 is 14.3 Å². The molecule has 0 saturated carbocycles. The second-order valence-corrected chi connectivity index (χ2v) is 6.45. The second kappa shape index (κ2) is 15.8. The van der Waals surface area contributed by atoms with E-state index in [1.807, 2.05) is 0 Å². The topological polar surface area (TPSA) is 55.4 Å². The molecule has 0 aromatic heterocycles. The maximum absolute atomic E-state index is 11.8. The number of nitrogens with one attached hydrogen (secondary N) is 1. The predicted octanol–water partition coefficient (Wildman–Crippen LogP) is 4.76. The van der Waals surface area contributed by atoms with Gasteiger partial charge in [-0.1, -0.05) is 58.8 Å². The first-order valence-electron chi connectivity index (χ1n) is 9.55. The van der Waals surface area contributed by atoms with E-state index in [1.165, 1.54) is 38.5 Å². The molecule has 0 spiro atoms. The minimum absolute atomic E-state index is 0.0451. The summed E-state index contributed by atoms with van der Waals surface area (Å²) in [5, 5.41) is 3.01. The van der Waals surface area contributed by atoms with Crippen LogP contribution in [-0.2, 0) is 14.3 Å². The fourth-order valence-electron chi connectivity index (χ4n) is 2.48. The average Bonchev–Trinajstić information content (AvgIpc) is 2.51. The van der Waals surface area contributed by atoms with Crippen molar-refractivity contribution in [1.29, 1.82) is 0 Å². The van der Waals surface area contributed by atoms with E-state index in [2.05, 4.69) is 26.1 Å². The number of unbranched alkanes of at least 4 members (excludes halogenated alkanes) is 6. The van der Waals surface area contributed by atoms with Gasteiger partial charge in [-0.3, -0.25) is 9.59 Å². The van der Waals surface area contributed by atoms with Gasteiger partial charge in [-0.25, -0.2) is 0 Å². The van der Waals surface area contributed by atoms with Crippen LogP contribution in [0.15, 0.2) is 0 Å². The monoisotopic (exact) mass is 327 g/mol.